The summed E-state index contributed by atoms with van der Waals surface area (Å²) in [6.07, 6.45) is 8.72. The standard InChI is InChI=1S/C13H27N/c1-4-12-6-5-7-13(10-12)11(2)8-9-14-3/h11-14H,4-10H2,1-3H3. The Morgan fingerprint density at radius 3 is 2.79 bits per heavy atom. The molecule has 0 radical (unpaired) electrons. The van der Waals surface area contributed by atoms with Gasteiger partial charge in [-0.15, -0.1) is 0 Å². The molecule has 0 saturated heterocycles. The summed E-state index contributed by atoms with van der Waals surface area (Å²) >= 11 is 0. The fourth-order valence-corrected chi connectivity index (χ4v) is 2.83. The smallest absolute Gasteiger partial charge is 0.00493 e. The molecular formula is C13H27N. The molecule has 1 rings (SSSR count). The van der Waals surface area contributed by atoms with Crippen molar-refractivity contribution in [2.24, 2.45) is 17.8 Å². The van der Waals surface area contributed by atoms with E-state index in [0.717, 1.165) is 17.8 Å². The van der Waals surface area contributed by atoms with Crippen LogP contribution in [-0.2, 0) is 0 Å². The molecule has 14 heavy (non-hydrogen) atoms. The molecule has 3 atom stereocenters. The predicted molar refractivity (Wildman–Crippen MR) is 63.4 cm³/mol. The Kier molecular flexibility index (Phi) is 5.54. The van der Waals surface area contributed by atoms with Crippen LogP contribution in [0.15, 0.2) is 0 Å². The largest absolute Gasteiger partial charge is 0.320 e. The summed E-state index contributed by atoms with van der Waals surface area (Å²) in [5.41, 5.74) is 0. The average Bonchev–Trinajstić information content (AvgIpc) is 2.26. The van der Waals surface area contributed by atoms with Crippen LogP contribution in [0.25, 0.3) is 0 Å². The molecule has 1 N–H and O–H groups in total. The van der Waals surface area contributed by atoms with Gasteiger partial charge in [-0.05, 0) is 44.2 Å². The van der Waals surface area contributed by atoms with Crippen molar-refractivity contribution in [3.63, 3.8) is 0 Å². The first-order chi connectivity index (χ1) is 6.77. The maximum Gasteiger partial charge on any atom is -0.00493 e. The summed E-state index contributed by atoms with van der Waals surface area (Å²) in [6.45, 7) is 5.99. The SMILES string of the molecule is CCC1CCCC(C(C)CCNC)C1. The third-order valence-corrected chi connectivity index (χ3v) is 4.06. The topological polar surface area (TPSA) is 12.0 Å². The minimum absolute atomic E-state index is 0.928. The van der Waals surface area contributed by atoms with Crippen LogP contribution < -0.4 is 5.32 Å². The van der Waals surface area contributed by atoms with Gasteiger partial charge in [-0.3, -0.25) is 0 Å². The lowest BCUT2D eigenvalue weighted by atomic mass is 9.74. The van der Waals surface area contributed by atoms with Gasteiger partial charge in [0, 0.05) is 0 Å². The van der Waals surface area contributed by atoms with Gasteiger partial charge in [-0.25, -0.2) is 0 Å². The van der Waals surface area contributed by atoms with Crippen LogP contribution in [0.4, 0.5) is 0 Å². The first-order valence-corrected chi connectivity index (χ1v) is 6.42. The summed E-state index contributed by atoms with van der Waals surface area (Å²) < 4.78 is 0. The van der Waals surface area contributed by atoms with Gasteiger partial charge in [0.25, 0.3) is 0 Å². The minimum Gasteiger partial charge on any atom is -0.320 e. The zero-order valence-corrected chi connectivity index (χ0v) is 10.2. The van der Waals surface area contributed by atoms with Crippen LogP contribution in [0.2, 0.25) is 0 Å². The Balaban J connectivity index is 2.27. The van der Waals surface area contributed by atoms with Gasteiger partial charge in [0.1, 0.15) is 0 Å². The van der Waals surface area contributed by atoms with Crippen LogP contribution in [0.1, 0.15) is 52.4 Å². The molecule has 0 bridgehead atoms. The van der Waals surface area contributed by atoms with Crippen LogP contribution in [0, 0.1) is 17.8 Å². The van der Waals surface area contributed by atoms with Crippen molar-refractivity contribution < 1.29 is 0 Å². The van der Waals surface area contributed by atoms with Crippen molar-refractivity contribution in [2.45, 2.75) is 52.4 Å². The fourth-order valence-electron chi connectivity index (χ4n) is 2.83. The van der Waals surface area contributed by atoms with E-state index in [-0.39, 0.29) is 0 Å². The quantitative estimate of drug-likeness (QED) is 0.712. The lowest BCUT2D eigenvalue weighted by Gasteiger charge is -2.32. The molecule has 0 aromatic carbocycles. The second-order valence-corrected chi connectivity index (χ2v) is 5.07. The highest BCUT2D eigenvalue weighted by Crippen LogP contribution is 2.36. The Bertz CT molecular complexity index is 144. The summed E-state index contributed by atoms with van der Waals surface area (Å²) in [6, 6.07) is 0. The number of hydrogen-bond acceptors (Lipinski definition) is 1. The highest BCUT2D eigenvalue weighted by molar-refractivity contribution is 4.76. The third-order valence-electron chi connectivity index (χ3n) is 4.06. The number of rotatable bonds is 5. The van der Waals surface area contributed by atoms with Crippen molar-refractivity contribution in [3.05, 3.63) is 0 Å². The van der Waals surface area contributed by atoms with Gasteiger partial charge in [0.2, 0.25) is 0 Å². The van der Waals surface area contributed by atoms with E-state index in [9.17, 15) is 0 Å². The van der Waals surface area contributed by atoms with Gasteiger partial charge in [0.15, 0.2) is 0 Å². The molecule has 1 aliphatic carbocycles. The number of hydrogen-bond donors (Lipinski definition) is 1. The average molecular weight is 197 g/mol. The monoisotopic (exact) mass is 197 g/mol. The van der Waals surface area contributed by atoms with E-state index >= 15 is 0 Å². The summed E-state index contributed by atoms with van der Waals surface area (Å²) in [7, 11) is 2.06. The molecule has 84 valence electrons. The van der Waals surface area contributed by atoms with Crippen molar-refractivity contribution in [2.75, 3.05) is 13.6 Å². The number of nitrogens with one attached hydrogen (secondary N) is 1. The first kappa shape index (κ1) is 12.0. The lowest BCUT2D eigenvalue weighted by molar-refractivity contribution is 0.194. The van der Waals surface area contributed by atoms with Gasteiger partial charge < -0.3 is 5.32 Å². The lowest BCUT2D eigenvalue weighted by Crippen LogP contribution is -2.23. The second-order valence-electron chi connectivity index (χ2n) is 5.07. The van der Waals surface area contributed by atoms with E-state index in [4.69, 9.17) is 0 Å². The van der Waals surface area contributed by atoms with Crippen LogP contribution in [0.5, 0.6) is 0 Å². The molecule has 0 aromatic rings. The molecule has 3 unspecified atom stereocenters. The van der Waals surface area contributed by atoms with E-state index < -0.39 is 0 Å². The first-order valence-electron chi connectivity index (χ1n) is 6.42. The Morgan fingerprint density at radius 1 is 1.36 bits per heavy atom. The van der Waals surface area contributed by atoms with Gasteiger partial charge in [-0.2, -0.15) is 0 Å². The molecule has 0 spiro atoms. The molecule has 1 fully saturated rings. The molecule has 1 nitrogen and oxygen atoms in total. The van der Waals surface area contributed by atoms with E-state index in [2.05, 4.69) is 26.2 Å². The zero-order chi connectivity index (χ0) is 10.4. The van der Waals surface area contributed by atoms with Crippen LogP contribution >= 0.6 is 0 Å². The highest BCUT2D eigenvalue weighted by atomic mass is 14.8. The van der Waals surface area contributed by atoms with E-state index in [1.165, 1.54) is 45.1 Å². The summed E-state index contributed by atoms with van der Waals surface area (Å²) in [5, 5.41) is 3.26. The van der Waals surface area contributed by atoms with E-state index in [0.29, 0.717) is 0 Å². The molecule has 0 aromatic heterocycles. The molecular weight excluding hydrogens is 170 g/mol. The third kappa shape index (κ3) is 3.61. The van der Waals surface area contributed by atoms with Gasteiger partial charge in [-0.1, -0.05) is 39.5 Å². The Morgan fingerprint density at radius 2 is 2.14 bits per heavy atom. The fraction of sp³-hybridized carbons (Fsp3) is 1.00. The second kappa shape index (κ2) is 6.44. The van der Waals surface area contributed by atoms with Crippen molar-refractivity contribution in [1.29, 1.82) is 0 Å². The summed E-state index contributed by atoms with van der Waals surface area (Å²) in [5.74, 6) is 2.98. The molecule has 1 heteroatoms. The molecule has 0 amide bonds. The van der Waals surface area contributed by atoms with Gasteiger partial charge >= 0.3 is 0 Å². The van der Waals surface area contributed by atoms with Crippen LogP contribution in [-0.4, -0.2) is 13.6 Å². The predicted octanol–water partition coefficient (Wildman–Crippen LogP) is 3.45. The Labute approximate surface area is 89.7 Å². The molecule has 0 aliphatic heterocycles. The van der Waals surface area contributed by atoms with Crippen LogP contribution in [0.3, 0.4) is 0 Å². The van der Waals surface area contributed by atoms with Crippen molar-refractivity contribution in [1.82, 2.24) is 5.32 Å². The molecule has 0 heterocycles. The molecule has 1 aliphatic rings. The van der Waals surface area contributed by atoms with Crippen molar-refractivity contribution >= 4 is 0 Å². The maximum atomic E-state index is 3.26. The zero-order valence-electron chi connectivity index (χ0n) is 10.2. The van der Waals surface area contributed by atoms with Crippen molar-refractivity contribution in [3.8, 4) is 0 Å². The Hall–Kier alpha value is -0.0400. The normalized spacial score (nSPS) is 30.2. The highest BCUT2D eigenvalue weighted by Gasteiger charge is 2.24. The van der Waals surface area contributed by atoms with E-state index in [1.807, 2.05) is 0 Å². The molecule has 1 saturated carbocycles. The maximum absolute atomic E-state index is 3.26. The minimum atomic E-state index is 0.928. The summed E-state index contributed by atoms with van der Waals surface area (Å²) in [4.78, 5) is 0. The van der Waals surface area contributed by atoms with Gasteiger partial charge in [0.05, 0.1) is 0 Å². The van der Waals surface area contributed by atoms with E-state index in [1.54, 1.807) is 0 Å².